The molecular weight excluding hydrogens is 342 g/mol. The molecule has 2 aromatic rings. The minimum absolute atomic E-state index is 0.356. The first-order valence-corrected chi connectivity index (χ1v) is 9.18. The van der Waals surface area contributed by atoms with Gasteiger partial charge in [0.15, 0.2) is 17.5 Å². The standard InChI is InChI=1S/C20H31N5O2/c1-14(13-25-16(3)10-15(2)24-25)12-23-20(21)22-9-8-17-6-7-18(26-4)19(11-17)27-5/h6-7,10-11,14H,8-9,12-13H2,1-5H3,(H3,21,22,23). The molecule has 1 unspecified atom stereocenters. The highest BCUT2D eigenvalue weighted by molar-refractivity contribution is 5.77. The molecule has 0 bridgehead atoms. The molecule has 1 aromatic carbocycles. The first-order chi connectivity index (χ1) is 12.9. The van der Waals surface area contributed by atoms with Crippen molar-refractivity contribution in [2.75, 3.05) is 27.3 Å². The molecule has 0 fully saturated rings. The predicted molar refractivity (Wildman–Crippen MR) is 109 cm³/mol. The molecule has 2 rings (SSSR count). The Morgan fingerprint density at radius 1 is 1.22 bits per heavy atom. The number of benzene rings is 1. The van der Waals surface area contributed by atoms with Crippen molar-refractivity contribution >= 4 is 5.96 Å². The van der Waals surface area contributed by atoms with Gasteiger partial charge in [0, 0.05) is 25.3 Å². The average molecular weight is 374 g/mol. The fourth-order valence-electron chi connectivity index (χ4n) is 2.89. The Bertz CT molecular complexity index is 770. The van der Waals surface area contributed by atoms with Crippen molar-refractivity contribution in [1.29, 1.82) is 0 Å². The lowest BCUT2D eigenvalue weighted by Crippen LogP contribution is -2.33. The number of nitrogens with zero attached hydrogens (tertiary/aromatic N) is 3. The summed E-state index contributed by atoms with van der Waals surface area (Å²) in [6, 6.07) is 7.99. The smallest absolute Gasteiger partial charge is 0.188 e. The molecule has 1 atom stereocenters. The van der Waals surface area contributed by atoms with E-state index in [1.54, 1.807) is 14.2 Å². The first-order valence-electron chi connectivity index (χ1n) is 9.18. The van der Waals surface area contributed by atoms with E-state index in [-0.39, 0.29) is 0 Å². The van der Waals surface area contributed by atoms with E-state index < -0.39 is 0 Å². The lowest BCUT2D eigenvalue weighted by molar-refractivity contribution is 0.354. The minimum atomic E-state index is 0.356. The molecule has 0 radical (unpaired) electrons. The van der Waals surface area contributed by atoms with E-state index >= 15 is 0 Å². The van der Waals surface area contributed by atoms with E-state index in [1.165, 1.54) is 5.69 Å². The molecule has 148 valence electrons. The highest BCUT2D eigenvalue weighted by atomic mass is 16.5. The van der Waals surface area contributed by atoms with Gasteiger partial charge in [-0.25, -0.2) is 0 Å². The molecule has 0 aliphatic carbocycles. The summed E-state index contributed by atoms with van der Waals surface area (Å²) in [7, 11) is 3.27. The molecule has 7 heteroatoms. The van der Waals surface area contributed by atoms with E-state index in [9.17, 15) is 0 Å². The zero-order chi connectivity index (χ0) is 19.8. The summed E-state index contributed by atoms with van der Waals surface area (Å²) in [5.74, 6) is 2.28. The van der Waals surface area contributed by atoms with E-state index in [4.69, 9.17) is 15.2 Å². The van der Waals surface area contributed by atoms with Crippen LogP contribution >= 0.6 is 0 Å². The maximum atomic E-state index is 5.99. The second-order valence-corrected chi connectivity index (χ2v) is 6.81. The summed E-state index contributed by atoms with van der Waals surface area (Å²) in [4.78, 5) is 4.45. The van der Waals surface area contributed by atoms with Gasteiger partial charge in [-0.2, -0.15) is 5.10 Å². The van der Waals surface area contributed by atoms with E-state index in [0.717, 1.165) is 35.7 Å². The quantitative estimate of drug-likeness (QED) is 0.520. The van der Waals surface area contributed by atoms with Gasteiger partial charge >= 0.3 is 0 Å². The third-order valence-corrected chi connectivity index (χ3v) is 4.33. The lowest BCUT2D eigenvalue weighted by Gasteiger charge is -2.12. The number of ether oxygens (including phenoxy) is 2. The van der Waals surface area contributed by atoms with Crippen LogP contribution in [-0.2, 0) is 13.0 Å². The minimum Gasteiger partial charge on any atom is -0.493 e. The van der Waals surface area contributed by atoms with Crippen LogP contribution in [0.15, 0.2) is 29.3 Å². The number of nitrogens with two attached hydrogens (primary N) is 1. The maximum Gasteiger partial charge on any atom is 0.188 e. The van der Waals surface area contributed by atoms with Crippen LogP contribution < -0.4 is 20.5 Å². The molecule has 0 saturated heterocycles. The number of nitrogens with one attached hydrogen (secondary N) is 1. The van der Waals surface area contributed by atoms with Crippen LogP contribution in [0.2, 0.25) is 0 Å². The molecule has 7 nitrogen and oxygen atoms in total. The van der Waals surface area contributed by atoms with Gasteiger partial charge in [0.2, 0.25) is 0 Å². The summed E-state index contributed by atoms with van der Waals surface area (Å²) >= 11 is 0. The highest BCUT2D eigenvalue weighted by Gasteiger charge is 2.07. The number of methoxy groups -OCH3 is 2. The summed E-state index contributed by atoms with van der Waals surface area (Å²) in [6.45, 7) is 8.43. The highest BCUT2D eigenvalue weighted by Crippen LogP contribution is 2.27. The van der Waals surface area contributed by atoms with Gasteiger partial charge < -0.3 is 20.5 Å². The largest absolute Gasteiger partial charge is 0.493 e. The number of rotatable bonds is 9. The molecule has 0 aliphatic heterocycles. The van der Waals surface area contributed by atoms with E-state index in [1.807, 2.05) is 29.8 Å². The van der Waals surface area contributed by atoms with Crippen LogP contribution in [0.1, 0.15) is 23.9 Å². The third kappa shape index (κ3) is 6.20. The number of guanidine groups is 1. The third-order valence-electron chi connectivity index (χ3n) is 4.33. The fourth-order valence-corrected chi connectivity index (χ4v) is 2.89. The van der Waals surface area contributed by atoms with Crippen LogP contribution in [0.5, 0.6) is 11.5 Å². The molecular formula is C20H31N5O2. The number of aliphatic imine (C=N–C) groups is 1. The van der Waals surface area contributed by atoms with Crippen molar-refractivity contribution in [2.45, 2.75) is 33.7 Å². The van der Waals surface area contributed by atoms with Gasteiger partial charge in [-0.05, 0) is 49.9 Å². The van der Waals surface area contributed by atoms with Crippen molar-refractivity contribution in [1.82, 2.24) is 15.1 Å². The Balaban J connectivity index is 1.78. The molecule has 3 N–H and O–H groups in total. The molecule has 0 spiro atoms. The Morgan fingerprint density at radius 2 is 1.96 bits per heavy atom. The van der Waals surface area contributed by atoms with Crippen molar-refractivity contribution in [3.05, 3.63) is 41.2 Å². The van der Waals surface area contributed by atoms with Crippen LogP contribution in [0.3, 0.4) is 0 Å². The van der Waals surface area contributed by atoms with E-state index in [2.05, 4.69) is 35.3 Å². The Labute approximate surface area is 161 Å². The van der Waals surface area contributed by atoms with Gasteiger partial charge in [0.25, 0.3) is 0 Å². The Hall–Kier alpha value is -2.70. The zero-order valence-corrected chi connectivity index (χ0v) is 17.0. The van der Waals surface area contributed by atoms with Crippen molar-refractivity contribution < 1.29 is 9.47 Å². The molecule has 1 aromatic heterocycles. The fraction of sp³-hybridized carbons (Fsp3) is 0.500. The average Bonchev–Trinajstić information content (AvgIpc) is 2.96. The SMILES string of the molecule is COc1ccc(CCNC(N)=NCC(C)Cn2nc(C)cc2C)cc1OC. The number of aromatic nitrogens is 2. The van der Waals surface area contributed by atoms with Gasteiger partial charge in [0.1, 0.15) is 0 Å². The number of hydrogen-bond donors (Lipinski definition) is 2. The van der Waals surface area contributed by atoms with Crippen LogP contribution in [0, 0.1) is 19.8 Å². The van der Waals surface area contributed by atoms with Crippen LogP contribution in [0.4, 0.5) is 0 Å². The zero-order valence-electron chi connectivity index (χ0n) is 17.0. The van der Waals surface area contributed by atoms with E-state index in [0.29, 0.717) is 25.0 Å². The van der Waals surface area contributed by atoms with Gasteiger partial charge in [0.05, 0.1) is 19.9 Å². The Kier molecular flexibility index (Phi) is 7.52. The summed E-state index contributed by atoms with van der Waals surface area (Å²) in [5.41, 5.74) is 9.34. The second kappa shape index (κ2) is 9.85. The van der Waals surface area contributed by atoms with Crippen molar-refractivity contribution in [3.63, 3.8) is 0 Å². The monoisotopic (exact) mass is 373 g/mol. The molecule has 0 saturated carbocycles. The molecule has 1 heterocycles. The van der Waals surface area contributed by atoms with Gasteiger partial charge in [-0.15, -0.1) is 0 Å². The second-order valence-electron chi connectivity index (χ2n) is 6.81. The van der Waals surface area contributed by atoms with Gasteiger partial charge in [-0.1, -0.05) is 13.0 Å². The first kappa shape index (κ1) is 20.6. The molecule has 0 aliphatic rings. The number of aryl methyl sites for hydroxylation is 2. The van der Waals surface area contributed by atoms with Crippen LogP contribution in [0.25, 0.3) is 0 Å². The topological polar surface area (TPSA) is 86.7 Å². The van der Waals surface area contributed by atoms with Gasteiger partial charge in [-0.3, -0.25) is 9.67 Å². The summed E-state index contributed by atoms with van der Waals surface area (Å²) in [6.07, 6.45) is 0.817. The van der Waals surface area contributed by atoms with Crippen molar-refractivity contribution in [2.24, 2.45) is 16.6 Å². The summed E-state index contributed by atoms with van der Waals surface area (Å²) in [5, 5.41) is 7.65. The number of hydrogen-bond acceptors (Lipinski definition) is 4. The predicted octanol–water partition coefficient (Wildman–Crippen LogP) is 2.30. The Morgan fingerprint density at radius 3 is 2.59 bits per heavy atom. The maximum absolute atomic E-state index is 5.99. The normalized spacial score (nSPS) is 12.7. The lowest BCUT2D eigenvalue weighted by atomic mass is 10.1. The summed E-state index contributed by atoms with van der Waals surface area (Å²) < 4.78 is 12.6. The van der Waals surface area contributed by atoms with Crippen molar-refractivity contribution in [3.8, 4) is 11.5 Å². The molecule has 0 amide bonds. The molecule has 27 heavy (non-hydrogen) atoms. The van der Waals surface area contributed by atoms with Crippen LogP contribution in [-0.4, -0.2) is 43.0 Å².